The maximum atomic E-state index is 14.9. The number of ether oxygens (including phenoxy) is 3. The molecule has 2 rings (SSSR count). The van der Waals surface area contributed by atoms with Gasteiger partial charge in [-0.2, -0.15) is 0 Å². The lowest BCUT2D eigenvalue weighted by atomic mass is 10.1. The standard InChI is InChI=1S/C25H34FNO4/c1-21(28)20-30-14-13-29-15-16-31-22(2)25(26)19-27(17-23-9-5-3-6-10-23)18-24-11-7-4-8-12-24/h3-12,22,25H,13-20H2,1-2H3. The third-order valence-corrected chi connectivity index (χ3v) is 4.73. The van der Waals surface area contributed by atoms with E-state index < -0.39 is 12.3 Å². The molecule has 2 aromatic carbocycles. The lowest BCUT2D eigenvalue weighted by molar-refractivity contribution is -0.122. The van der Waals surface area contributed by atoms with E-state index in [1.165, 1.54) is 6.92 Å². The number of nitrogens with zero attached hydrogens (tertiary/aromatic N) is 1. The van der Waals surface area contributed by atoms with Crippen molar-refractivity contribution in [3.63, 3.8) is 0 Å². The number of carbonyl (C=O) groups is 1. The van der Waals surface area contributed by atoms with Crippen molar-refractivity contribution < 1.29 is 23.4 Å². The summed E-state index contributed by atoms with van der Waals surface area (Å²) in [6.45, 7) is 6.37. The molecule has 0 fully saturated rings. The molecule has 0 heterocycles. The molecule has 0 N–H and O–H groups in total. The Balaban J connectivity index is 1.75. The zero-order chi connectivity index (χ0) is 22.3. The Morgan fingerprint density at radius 1 is 0.871 bits per heavy atom. The molecule has 6 heteroatoms. The van der Waals surface area contributed by atoms with Crippen molar-refractivity contribution in [1.29, 1.82) is 0 Å². The van der Waals surface area contributed by atoms with Gasteiger partial charge in [-0.15, -0.1) is 0 Å². The van der Waals surface area contributed by atoms with Gasteiger partial charge < -0.3 is 14.2 Å². The van der Waals surface area contributed by atoms with Crippen LogP contribution in [-0.4, -0.2) is 62.5 Å². The Kier molecular flexibility index (Phi) is 12.0. The SMILES string of the molecule is CC(=O)COCCOCCOC(C)C(F)CN(Cc1ccccc1)Cc1ccccc1. The molecule has 2 unspecified atom stereocenters. The summed E-state index contributed by atoms with van der Waals surface area (Å²) >= 11 is 0. The molecule has 2 aromatic rings. The maximum absolute atomic E-state index is 14.9. The van der Waals surface area contributed by atoms with E-state index in [1.54, 1.807) is 6.92 Å². The minimum Gasteiger partial charge on any atom is -0.377 e. The lowest BCUT2D eigenvalue weighted by Crippen LogP contribution is -2.36. The van der Waals surface area contributed by atoms with Crippen molar-refractivity contribution in [3.05, 3.63) is 71.8 Å². The molecule has 0 spiro atoms. The first-order valence-electron chi connectivity index (χ1n) is 10.8. The fourth-order valence-corrected chi connectivity index (χ4v) is 3.10. The summed E-state index contributed by atoms with van der Waals surface area (Å²) in [4.78, 5) is 12.9. The van der Waals surface area contributed by atoms with Gasteiger partial charge in [-0.05, 0) is 25.0 Å². The van der Waals surface area contributed by atoms with Crippen molar-refractivity contribution in [2.24, 2.45) is 0 Å². The van der Waals surface area contributed by atoms with E-state index in [9.17, 15) is 9.18 Å². The Hall–Kier alpha value is -2.12. The molecule has 0 saturated heterocycles. The van der Waals surface area contributed by atoms with Crippen molar-refractivity contribution in [3.8, 4) is 0 Å². The summed E-state index contributed by atoms with van der Waals surface area (Å²) in [7, 11) is 0. The largest absolute Gasteiger partial charge is 0.377 e. The summed E-state index contributed by atoms with van der Waals surface area (Å²) in [6.07, 6.45) is -1.65. The second-order valence-electron chi connectivity index (χ2n) is 7.60. The van der Waals surface area contributed by atoms with Crippen molar-refractivity contribution in [2.45, 2.75) is 39.2 Å². The number of benzene rings is 2. The number of alkyl halides is 1. The summed E-state index contributed by atoms with van der Waals surface area (Å²) in [6, 6.07) is 20.2. The monoisotopic (exact) mass is 431 g/mol. The van der Waals surface area contributed by atoms with Crippen LogP contribution in [0.4, 0.5) is 4.39 Å². The third-order valence-electron chi connectivity index (χ3n) is 4.73. The van der Waals surface area contributed by atoms with E-state index in [1.807, 2.05) is 36.4 Å². The zero-order valence-corrected chi connectivity index (χ0v) is 18.5. The number of rotatable bonds is 16. The number of hydrogen-bond donors (Lipinski definition) is 0. The number of ketones is 1. The van der Waals surface area contributed by atoms with Crippen LogP contribution in [0.15, 0.2) is 60.7 Å². The van der Waals surface area contributed by atoms with Crippen molar-refractivity contribution >= 4 is 5.78 Å². The topological polar surface area (TPSA) is 48.0 Å². The maximum Gasteiger partial charge on any atom is 0.155 e. The summed E-state index contributed by atoms with van der Waals surface area (Å²) in [5.74, 6) is -0.0141. The van der Waals surface area contributed by atoms with Gasteiger partial charge in [-0.1, -0.05) is 60.7 Å². The van der Waals surface area contributed by atoms with Gasteiger partial charge in [0.25, 0.3) is 0 Å². The predicted octanol–water partition coefficient (Wildman–Crippen LogP) is 4.05. The van der Waals surface area contributed by atoms with Gasteiger partial charge in [-0.25, -0.2) is 4.39 Å². The molecule has 0 bridgehead atoms. The van der Waals surface area contributed by atoms with E-state index in [4.69, 9.17) is 14.2 Å². The number of Topliss-reactive ketones (excluding diaryl/α,β-unsaturated/α-hetero) is 1. The fraction of sp³-hybridized carbons (Fsp3) is 0.480. The fourth-order valence-electron chi connectivity index (χ4n) is 3.10. The number of halogens is 1. The smallest absolute Gasteiger partial charge is 0.155 e. The van der Waals surface area contributed by atoms with E-state index in [-0.39, 0.29) is 18.9 Å². The minimum atomic E-state index is -1.12. The van der Waals surface area contributed by atoms with Crippen LogP contribution in [0.5, 0.6) is 0 Å². The summed E-state index contributed by atoms with van der Waals surface area (Å²) in [5, 5.41) is 0. The van der Waals surface area contributed by atoms with E-state index in [2.05, 4.69) is 29.2 Å². The average Bonchev–Trinajstić information content (AvgIpc) is 2.76. The second kappa shape index (κ2) is 14.8. The van der Waals surface area contributed by atoms with Gasteiger partial charge in [0.1, 0.15) is 12.8 Å². The third kappa shape index (κ3) is 11.2. The van der Waals surface area contributed by atoms with Crippen LogP contribution in [0.25, 0.3) is 0 Å². The lowest BCUT2D eigenvalue weighted by Gasteiger charge is -2.27. The highest BCUT2D eigenvalue weighted by atomic mass is 19.1. The van der Waals surface area contributed by atoms with E-state index in [0.29, 0.717) is 39.5 Å². The summed E-state index contributed by atoms with van der Waals surface area (Å²) in [5.41, 5.74) is 2.30. The zero-order valence-electron chi connectivity index (χ0n) is 18.5. The molecule has 31 heavy (non-hydrogen) atoms. The predicted molar refractivity (Wildman–Crippen MR) is 120 cm³/mol. The Labute approximate surface area is 185 Å². The number of carbonyl (C=O) groups excluding carboxylic acids is 1. The molecule has 0 aromatic heterocycles. The molecule has 0 amide bonds. The first kappa shape index (κ1) is 25.1. The Morgan fingerprint density at radius 3 is 1.94 bits per heavy atom. The summed E-state index contributed by atoms with van der Waals surface area (Å²) < 4.78 is 31.1. The van der Waals surface area contributed by atoms with Gasteiger partial charge in [0, 0.05) is 19.6 Å². The Bertz CT molecular complexity index is 687. The average molecular weight is 432 g/mol. The molecule has 170 valence electrons. The quantitative estimate of drug-likeness (QED) is 0.375. The molecule has 0 aliphatic rings. The van der Waals surface area contributed by atoms with Crippen LogP contribution in [0.1, 0.15) is 25.0 Å². The van der Waals surface area contributed by atoms with E-state index >= 15 is 0 Å². The number of hydrogen-bond acceptors (Lipinski definition) is 5. The minimum absolute atomic E-state index is 0.0141. The van der Waals surface area contributed by atoms with Crippen molar-refractivity contribution in [2.75, 3.05) is 39.6 Å². The van der Waals surface area contributed by atoms with E-state index in [0.717, 1.165) is 11.1 Å². The highest BCUT2D eigenvalue weighted by molar-refractivity contribution is 5.76. The van der Waals surface area contributed by atoms with Gasteiger partial charge >= 0.3 is 0 Å². The second-order valence-corrected chi connectivity index (χ2v) is 7.60. The van der Waals surface area contributed by atoms with Crippen molar-refractivity contribution in [1.82, 2.24) is 4.90 Å². The first-order valence-corrected chi connectivity index (χ1v) is 10.8. The van der Waals surface area contributed by atoms with Crippen LogP contribution in [0.3, 0.4) is 0 Å². The van der Waals surface area contributed by atoms with Gasteiger partial charge in [0.2, 0.25) is 0 Å². The normalized spacial score (nSPS) is 13.3. The van der Waals surface area contributed by atoms with Crippen LogP contribution in [0.2, 0.25) is 0 Å². The first-order chi connectivity index (χ1) is 15.0. The molecule has 5 nitrogen and oxygen atoms in total. The Morgan fingerprint density at radius 2 is 1.39 bits per heavy atom. The highest BCUT2D eigenvalue weighted by Gasteiger charge is 2.21. The van der Waals surface area contributed by atoms with Gasteiger partial charge in [0.15, 0.2) is 5.78 Å². The van der Waals surface area contributed by atoms with Gasteiger partial charge in [-0.3, -0.25) is 9.69 Å². The van der Waals surface area contributed by atoms with Crippen LogP contribution >= 0.6 is 0 Å². The highest BCUT2D eigenvalue weighted by Crippen LogP contribution is 2.14. The molecular formula is C25H34FNO4. The molecule has 0 saturated carbocycles. The van der Waals surface area contributed by atoms with Crippen LogP contribution in [0, 0.1) is 0 Å². The molecule has 2 atom stereocenters. The van der Waals surface area contributed by atoms with Crippen LogP contribution < -0.4 is 0 Å². The molecule has 0 radical (unpaired) electrons. The van der Waals surface area contributed by atoms with Crippen LogP contribution in [-0.2, 0) is 32.1 Å². The van der Waals surface area contributed by atoms with Gasteiger partial charge in [0.05, 0.1) is 32.5 Å². The molecule has 0 aliphatic carbocycles. The molecule has 0 aliphatic heterocycles. The molecular weight excluding hydrogens is 397 g/mol.